The number of furan rings is 1. The Kier molecular flexibility index (Phi) is 5.26. The lowest BCUT2D eigenvalue weighted by Gasteiger charge is -2.29. The fourth-order valence-corrected chi connectivity index (χ4v) is 4.37. The first-order valence-electron chi connectivity index (χ1n) is 8.95. The molecule has 1 amide bonds. The third-order valence-electron chi connectivity index (χ3n) is 4.98. The Morgan fingerprint density at radius 2 is 1.93 bits per heavy atom. The van der Waals surface area contributed by atoms with Gasteiger partial charge in [0.2, 0.25) is 0 Å². The van der Waals surface area contributed by atoms with E-state index in [-0.39, 0.29) is 11.9 Å². The number of nitrogens with zero attached hydrogens (tertiary/aromatic N) is 1. The van der Waals surface area contributed by atoms with Gasteiger partial charge in [-0.05, 0) is 49.3 Å². The van der Waals surface area contributed by atoms with Gasteiger partial charge in [0.05, 0.1) is 10.0 Å². The predicted molar refractivity (Wildman–Crippen MR) is 112 cm³/mol. The van der Waals surface area contributed by atoms with Gasteiger partial charge in [-0.1, -0.05) is 48.5 Å². The summed E-state index contributed by atoms with van der Waals surface area (Å²) in [7, 11) is 0. The van der Waals surface area contributed by atoms with Crippen molar-refractivity contribution in [2.75, 3.05) is 0 Å². The number of amides is 1. The van der Waals surface area contributed by atoms with E-state index in [1.165, 1.54) is 6.42 Å². The van der Waals surface area contributed by atoms with Crippen molar-refractivity contribution in [1.29, 1.82) is 0 Å². The van der Waals surface area contributed by atoms with Gasteiger partial charge in [0.15, 0.2) is 5.11 Å². The monoisotopic (exact) mass is 420 g/mol. The maximum absolute atomic E-state index is 12.8. The largest absolute Gasteiger partial charge is 0.457 e. The molecule has 2 heterocycles. The molecule has 1 N–H and O–H groups in total. The Morgan fingerprint density at radius 3 is 2.70 bits per heavy atom. The number of hydrogen-bond donors (Lipinski definition) is 1. The molecule has 7 heteroatoms. The van der Waals surface area contributed by atoms with Gasteiger partial charge >= 0.3 is 0 Å². The predicted octanol–water partition coefficient (Wildman–Crippen LogP) is 5.64. The summed E-state index contributed by atoms with van der Waals surface area (Å²) in [6, 6.07) is 9.16. The fraction of sp³-hybridized carbons (Fsp3) is 0.300. The second-order valence-corrected chi connectivity index (χ2v) is 7.93. The van der Waals surface area contributed by atoms with E-state index < -0.39 is 0 Å². The van der Waals surface area contributed by atoms with Crippen LogP contribution in [0.25, 0.3) is 17.4 Å². The number of nitrogens with one attached hydrogen (secondary N) is 1. The molecular formula is C20H18Cl2N2O2S. The van der Waals surface area contributed by atoms with E-state index in [0.717, 1.165) is 25.7 Å². The van der Waals surface area contributed by atoms with Gasteiger partial charge < -0.3 is 9.73 Å². The molecule has 1 aromatic carbocycles. The SMILES string of the molecule is O=C1/C(=C/c2ccc(-c3cccc(Cl)c3Cl)o2)NC(=S)N1C1CCCCC1. The zero-order valence-corrected chi connectivity index (χ0v) is 16.8. The molecule has 0 atom stereocenters. The summed E-state index contributed by atoms with van der Waals surface area (Å²) in [6.07, 6.45) is 7.18. The molecule has 140 valence electrons. The van der Waals surface area contributed by atoms with Gasteiger partial charge in [0.1, 0.15) is 17.2 Å². The minimum absolute atomic E-state index is 0.0920. The number of halogens is 2. The molecule has 27 heavy (non-hydrogen) atoms. The molecule has 0 bridgehead atoms. The van der Waals surface area contributed by atoms with Crippen molar-refractivity contribution in [1.82, 2.24) is 10.2 Å². The van der Waals surface area contributed by atoms with Crippen LogP contribution in [0.15, 0.2) is 40.4 Å². The van der Waals surface area contributed by atoms with Crippen LogP contribution in [-0.4, -0.2) is 22.0 Å². The lowest BCUT2D eigenvalue weighted by Crippen LogP contribution is -2.41. The number of carbonyl (C=O) groups excluding carboxylic acids is 1. The number of rotatable bonds is 3. The Labute approximate surface area is 173 Å². The molecule has 0 radical (unpaired) electrons. The van der Waals surface area contributed by atoms with Crippen molar-refractivity contribution in [3.8, 4) is 11.3 Å². The van der Waals surface area contributed by atoms with Crippen molar-refractivity contribution < 1.29 is 9.21 Å². The minimum Gasteiger partial charge on any atom is -0.457 e. The second kappa shape index (κ2) is 7.66. The van der Waals surface area contributed by atoms with Crippen molar-refractivity contribution in [3.63, 3.8) is 0 Å². The highest BCUT2D eigenvalue weighted by Crippen LogP contribution is 2.35. The minimum atomic E-state index is -0.0920. The first-order chi connectivity index (χ1) is 13.0. The van der Waals surface area contributed by atoms with E-state index in [4.69, 9.17) is 39.8 Å². The zero-order chi connectivity index (χ0) is 19.0. The summed E-state index contributed by atoms with van der Waals surface area (Å²) in [5.41, 5.74) is 1.14. The van der Waals surface area contributed by atoms with Crippen molar-refractivity contribution in [3.05, 3.63) is 51.8 Å². The average molecular weight is 421 g/mol. The molecule has 4 rings (SSSR count). The molecule has 1 aromatic heterocycles. The zero-order valence-electron chi connectivity index (χ0n) is 14.5. The lowest BCUT2D eigenvalue weighted by atomic mass is 9.94. The Balaban J connectivity index is 1.57. The van der Waals surface area contributed by atoms with Gasteiger partial charge in [-0.25, -0.2) is 0 Å². The van der Waals surface area contributed by atoms with Gasteiger partial charge in [-0.15, -0.1) is 0 Å². The molecule has 0 unspecified atom stereocenters. The van der Waals surface area contributed by atoms with Crippen LogP contribution in [0.2, 0.25) is 10.0 Å². The maximum atomic E-state index is 12.8. The van der Waals surface area contributed by atoms with Gasteiger partial charge in [-0.2, -0.15) is 0 Å². The van der Waals surface area contributed by atoms with Crippen molar-refractivity contribution in [2.24, 2.45) is 0 Å². The Morgan fingerprint density at radius 1 is 1.15 bits per heavy atom. The average Bonchev–Trinajstić information content (AvgIpc) is 3.23. The van der Waals surface area contributed by atoms with Crippen LogP contribution in [-0.2, 0) is 4.79 Å². The van der Waals surface area contributed by atoms with Crippen LogP contribution in [0.4, 0.5) is 0 Å². The van der Waals surface area contributed by atoms with Crippen LogP contribution in [0, 0.1) is 0 Å². The van der Waals surface area contributed by atoms with E-state index in [1.807, 2.05) is 12.1 Å². The van der Waals surface area contributed by atoms with Gasteiger partial charge in [-0.3, -0.25) is 9.69 Å². The Bertz CT molecular complexity index is 932. The highest BCUT2D eigenvalue weighted by Gasteiger charge is 2.36. The number of hydrogen-bond acceptors (Lipinski definition) is 3. The molecule has 0 spiro atoms. The highest BCUT2D eigenvalue weighted by atomic mass is 35.5. The molecular weight excluding hydrogens is 403 g/mol. The van der Waals surface area contributed by atoms with Gasteiger partial charge in [0.25, 0.3) is 5.91 Å². The molecule has 1 aliphatic carbocycles. The number of thiocarbonyl (C=S) groups is 1. The first-order valence-corrected chi connectivity index (χ1v) is 10.1. The first kappa shape index (κ1) is 18.5. The molecule has 1 aliphatic heterocycles. The molecule has 2 aromatic rings. The van der Waals surface area contributed by atoms with E-state index in [1.54, 1.807) is 29.2 Å². The summed E-state index contributed by atoms with van der Waals surface area (Å²) in [4.78, 5) is 14.5. The van der Waals surface area contributed by atoms with Crippen molar-refractivity contribution >= 4 is 52.5 Å². The third kappa shape index (κ3) is 3.64. The number of benzene rings is 1. The highest BCUT2D eigenvalue weighted by molar-refractivity contribution is 7.80. The lowest BCUT2D eigenvalue weighted by molar-refractivity contribution is -0.124. The normalized spacial score (nSPS) is 19.8. The Hall–Kier alpha value is -1.82. The van der Waals surface area contributed by atoms with E-state index in [9.17, 15) is 4.79 Å². The summed E-state index contributed by atoms with van der Waals surface area (Å²) in [5.74, 6) is 1.04. The quantitative estimate of drug-likeness (QED) is 0.514. The van der Waals surface area contributed by atoms with Crippen molar-refractivity contribution in [2.45, 2.75) is 38.1 Å². The molecule has 1 saturated carbocycles. The smallest absolute Gasteiger partial charge is 0.276 e. The van der Waals surface area contributed by atoms with Gasteiger partial charge in [0, 0.05) is 17.7 Å². The van der Waals surface area contributed by atoms with E-state index in [2.05, 4.69) is 5.32 Å². The van der Waals surface area contributed by atoms with Crippen LogP contribution in [0.1, 0.15) is 37.9 Å². The third-order valence-corrected chi connectivity index (χ3v) is 6.10. The molecule has 1 saturated heterocycles. The summed E-state index contributed by atoms with van der Waals surface area (Å²) in [6.45, 7) is 0. The summed E-state index contributed by atoms with van der Waals surface area (Å²) < 4.78 is 5.86. The van der Waals surface area contributed by atoms with Crippen LogP contribution in [0.3, 0.4) is 0 Å². The topological polar surface area (TPSA) is 45.5 Å². The van der Waals surface area contributed by atoms with Crippen LogP contribution >= 0.6 is 35.4 Å². The number of carbonyl (C=O) groups is 1. The summed E-state index contributed by atoms with van der Waals surface area (Å²) in [5, 5.41) is 4.41. The molecule has 2 aliphatic rings. The standard InChI is InChI=1S/C20H18Cl2N2O2S/c21-15-8-4-7-14(18(15)22)17-10-9-13(26-17)11-16-19(25)24(20(27)23-16)12-5-2-1-3-6-12/h4,7-12H,1-3,5-6H2,(H,23,27)/b16-11-. The van der Waals surface area contributed by atoms with E-state index in [0.29, 0.717) is 37.9 Å². The van der Waals surface area contributed by atoms with Crippen LogP contribution < -0.4 is 5.32 Å². The molecule has 4 nitrogen and oxygen atoms in total. The summed E-state index contributed by atoms with van der Waals surface area (Å²) >= 11 is 17.7. The molecule has 2 fully saturated rings. The fourth-order valence-electron chi connectivity index (χ4n) is 3.63. The maximum Gasteiger partial charge on any atom is 0.276 e. The van der Waals surface area contributed by atoms with E-state index >= 15 is 0 Å². The second-order valence-electron chi connectivity index (χ2n) is 6.76. The van der Waals surface area contributed by atoms with Crippen LogP contribution in [0.5, 0.6) is 0 Å².